The zero-order chi connectivity index (χ0) is 12.0. The van der Waals surface area contributed by atoms with Crippen LogP contribution < -0.4 is 0 Å². The SMILES string of the molecule is CC(C)CB(Cc1ccccc1)CC(C)C. The highest BCUT2D eigenvalue weighted by Crippen LogP contribution is 2.18. The summed E-state index contributed by atoms with van der Waals surface area (Å²) in [5.41, 5.74) is 1.49. The van der Waals surface area contributed by atoms with Gasteiger partial charge in [0.1, 0.15) is 6.71 Å². The lowest BCUT2D eigenvalue weighted by atomic mass is 9.39. The van der Waals surface area contributed by atoms with E-state index in [0.717, 1.165) is 18.5 Å². The first-order valence-corrected chi connectivity index (χ1v) is 6.61. The van der Waals surface area contributed by atoms with Gasteiger partial charge in [-0.1, -0.05) is 88.1 Å². The fourth-order valence-electron chi connectivity index (χ4n) is 2.54. The quantitative estimate of drug-likeness (QED) is 0.611. The highest BCUT2D eigenvalue weighted by Gasteiger charge is 2.17. The zero-order valence-electron chi connectivity index (χ0n) is 11.2. The van der Waals surface area contributed by atoms with E-state index in [1.807, 2.05) is 0 Å². The maximum absolute atomic E-state index is 2.33. The van der Waals surface area contributed by atoms with Gasteiger partial charge in [0.25, 0.3) is 0 Å². The summed E-state index contributed by atoms with van der Waals surface area (Å²) in [6.45, 7) is 10.2. The first-order chi connectivity index (χ1) is 7.58. The maximum Gasteiger partial charge on any atom is 0.145 e. The van der Waals surface area contributed by atoms with Crippen LogP contribution in [0.5, 0.6) is 0 Å². The molecular formula is C15H25B. The Balaban J connectivity index is 2.56. The molecule has 1 heteroatoms. The summed E-state index contributed by atoms with van der Waals surface area (Å²) in [4.78, 5) is 0. The van der Waals surface area contributed by atoms with Crippen LogP contribution in [0.3, 0.4) is 0 Å². The van der Waals surface area contributed by atoms with E-state index in [1.54, 1.807) is 0 Å². The van der Waals surface area contributed by atoms with Crippen molar-refractivity contribution in [1.82, 2.24) is 0 Å². The molecule has 0 nitrogen and oxygen atoms in total. The van der Waals surface area contributed by atoms with Crippen LogP contribution in [0.4, 0.5) is 0 Å². The Kier molecular flexibility index (Phi) is 5.66. The second-order valence-electron chi connectivity index (χ2n) is 5.81. The molecule has 0 heterocycles. The molecule has 0 radical (unpaired) electrons. The molecule has 1 rings (SSSR count). The standard InChI is InChI=1S/C15H25B/c1-13(2)10-16(11-14(3)4)12-15-8-6-5-7-9-15/h5-9,13-14H,10-12H2,1-4H3. The summed E-state index contributed by atoms with van der Waals surface area (Å²) in [7, 11) is 0. The Morgan fingerprint density at radius 3 is 1.81 bits per heavy atom. The van der Waals surface area contributed by atoms with Crippen LogP contribution in [0.2, 0.25) is 12.6 Å². The van der Waals surface area contributed by atoms with E-state index >= 15 is 0 Å². The third-order valence-electron chi connectivity index (χ3n) is 2.98. The first-order valence-electron chi connectivity index (χ1n) is 6.61. The van der Waals surface area contributed by atoms with Gasteiger partial charge in [-0.2, -0.15) is 0 Å². The van der Waals surface area contributed by atoms with Gasteiger partial charge in [-0.3, -0.25) is 0 Å². The van der Waals surface area contributed by atoms with Crippen molar-refractivity contribution in [3.05, 3.63) is 35.9 Å². The second-order valence-corrected chi connectivity index (χ2v) is 5.81. The monoisotopic (exact) mass is 216 g/mol. The average Bonchev–Trinajstić information content (AvgIpc) is 2.16. The molecule has 0 unspecified atom stereocenters. The first kappa shape index (κ1) is 13.4. The molecule has 16 heavy (non-hydrogen) atoms. The fourth-order valence-corrected chi connectivity index (χ4v) is 2.54. The molecule has 0 spiro atoms. The van der Waals surface area contributed by atoms with E-state index in [0.29, 0.717) is 0 Å². The van der Waals surface area contributed by atoms with Gasteiger partial charge >= 0.3 is 0 Å². The zero-order valence-corrected chi connectivity index (χ0v) is 11.2. The molecule has 1 aromatic rings. The molecule has 0 amide bonds. The van der Waals surface area contributed by atoms with E-state index in [2.05, 4.69) is 58.0 Å². The van der Waals surface area contributed by atoms with Crippen molar-refractivity contribution in [2.24, 2.45) is 11.8 Å². The van der Waals surface area contributed by atoms with Crippen molar-refractivity contribution in [3.8, 4) is 0 Å². The lowest BCUT2D eigenvalue weighted by molar-refractivity contribution is 0.687. The Hall–Kier alpha value is -0.715. The summed E-state index contributed by atoms with van der Waals surface area (Å²) in [6, 6.07) is 10.9. The van der Waals surface area contributed by atoms with Gasteiger partial charge in [0, 0.05) is 0 Å². The van der Waals surface area contributed by atoms with Crippen LogP contribution in [-0.4, -0.2) is 6.71 Å². The van der Waals surface area contributed by atoms with Gasteiger partial charge in [-0.15, -0.1) is 0 Å². The third-order valence-corrected chi connectivity index (χ3v) is 2.98. The molecule has 88 valence electrons. The largest absolute Gasteiger partial charge is 0.145 e. The molecule has 0 aliphatic rings. The van der Waals surface area contributed by atoms with E-state index in [4.69, 9.17) is 0 Å². The Morgan fingerprint density at radius 1 is 0.875 bits per heavy atom. The summed E-state index contributed by atoms with van der Waals surface area (Å²) < 4.78 is 0. The van der Waals surface area contributed by atoms with Crippen LogP contribution in [0.25, 0.3) is 0 Å². The summed E-state index contributed by atoms with van der Waals surface area (Å²) in [6.07, 6.45) is 3.96. The third kappa shape index (κ3) is 5.39. The van der Waals surface area contributed by atoms with E-state index in [-0.39, 0.29) is 0 Å². The minimum absolute atomic E-state index is 0.812. The molecule has 0 aliphatic heterocycles. The van der Waals surface area contributed by atoms with Crippen LogP contribution in [0.15, 0.2) is 30.3 Å². The smallest absolute Gasteiger partial charge is 0.0715 e. The fraction of sp³-hybridized carbons (Fsp3) is 0.600. The van der Waals surface area contributed by atoms with Gasteiger partial charge in [-0.25, -0.2) is 0 Å². The van der Waals surface area contributed by atoms with E-state index in [9.17, 15) is 0 Å². The van der Waals surface area contributed by atoms with Crippen LogP contribution >= 0.6 is 0 Å². The molecule has 0 saturated carbocycles. The number of benzene rings is 1. The molecule has 0 aromatic heterocycles. The van der Waals surface area contributed by atoms with Gasteiger partial charge in [0.05, 0.1) is 0 Å². The molecule has 0 bridgehead atoms. The minimum atomic E-state index is 0.812. The van der Waals surface area contributed by atoms with Crippen LogP contribution in [0.1, 0.15) is 33.3 Å². The van der Waals surface area contributed by atoms with Crippen molar-refractivity contribution in [2.75, 3.05) is 0 Å². The van der Waals surface area contributed by atoms with Crippen LogP contribution in [-0.2, 0) is 6.32 Å². The van der Waals surface area contributed by atoms with Crippen molar-refractivity contribution in [1.29, 1.82) is 0 Å². The Labute approximate surface area is 102 Å². The van der Waals surface area contributed by atoms with Crippen LogP contribution in [0, 0.1) is 11.8 Å². The minimum Gasteiger partial charge on any atom is -0.0715 e. The highest BCUT2D eigenvalue weighted by molar-refractivity contribution is 6.58. The predicted octanol–water partition coefficient (Wildman–Crippen LogP) is 4.58. The Morgan fingerprint density at radius 2 is 1.38 bits per heavy atom. The summed E-state index contributed by atoms with van der Waals surface area (Å²) in [5.74, 6) is 1.62. The average molecular weight is 216 g/mol. The van der Waals surface area contributed by atoms with Crippen molar-refractivity contribution >= 4 is 6.71 Å². The van der Waals surface area contributed by atoms with Crippen molar-refractivity contribution in [3.63, 3.8) is 0 Å². The molecule has 1 aromatic carbocycles. The topological polar surface area (TPSA) is 0 Å². The molecule has 0 atom stereocenters. The second kappa shape index (κ2) is 6.78. The molecule has 0 saturated heterocycles. The highest BCUT2D eigenvalue weighted by atomic mass is 14.0. The Bertz CT molecular complexity index is 267. The molecular weight excluding hydrogens is 191 g/mol. The predicted molar refractivity (Wildman–Crippen MR) is 75.2 cm³/mol. The normalized spacial score (nSPS) is 11.1. The number of rotatable bonds is 6. The summed E-state index contributed by atoms with van der Waals surface area (Å²) >= 11 is 0. The van der Waals surface area contributed by atoms with E-state index in [1.165, 1.54) is 24.5 Å². The lowest BCUT2D eigenvalue weighted by Gasteiger charge is -2.18. The lowest BCUT2D eigenvalue weighted by Crippen LogP contribution is -2.21. The van der Waals surface area contributed by atoms with Crippen molar-refractivity contribution in [2.45, 2.75) is 46.7 Å². The van der Waals surface area contributed by atoms with Gasteiger partial charge in [-0.05, 0) is 6.32 Å². The van der Waals surface area contributed by atoms with Gasteiger partial charge in [0.15, 0.2) is 0 Å². The molecule has 0 fully saturated rings. The number of hydrogen-bond acceptors (Lipinski definition) is 0. The van der Waals surface area contributed by atoms with Crippen molar-refractivity contribution < 1.29 is 0 Å². The van der Waals surface area contributed by atoms with E-state index < -0.39 is 0 Å². The molecule has 0 N–H and O–H groups in total. The number of hydrogen-bond donors (Lipinski definition) is 0. The summed E-state index contributed by atoms with van der Waals surface area (Å²) in [5, 5.41) is 0. The maximum atomic E-state index is 2.33. The van der Waals surface area contributed by atoms with Gasteiger partial charge in [0.2, 0.25) is 0 Å². The molecule has 0 aliphatic carbocycles. The van der Waals surface area contributed by atoms with Gasteiger partial charge < -0.3 is 0 Å².